The molecule has 0 aromatic carbocycles. The van der Waals surface area contributed by atoms with E-state index in [9.17, 15) is 9.59 Å². The topological polar surface area (TPSA) is 66.4 Å². The number of aliphatic carboxylic acids is 1. The minimum absolute atomic E-state index is 0.0468. The SMILES string of the molecule is Cc1ccc(C[C@H](C)NC(=O)[C@@H]2C[C@H]2C(=O)O)s1. The van der Waals surface area contributed by atoms with Crippen LogP contribution < -0.4 is 5.32 Å². The molecule has 0 spiro atoms. The molecular weight excluding hydrogens is 250 g/mol. The quantitative estimate of drug-likeness (QED) is 0.855. The molecule has 98 valence electrons. The first-order valence-corrected chi connectivity index (χ1v) is 6.87. The minimum atomic E-state index is -0.864. The molecule has 1 aliphatic carbocycles. The zero-order chi connectivity index (χ0) is 13.3. The van der Waals surface area contributed by atoms with Gasteiger partial charge in [-0.3, -0.25) is 9.59 Å². The molecule has 0 saturated heterocycles. The molecule has 3 atom stereocenters. The van der Waals surface area contributed by atoms with Gasteiger partial charge in [0, 0.05) is 22.2 Å². The van der Waals surface area contributed by atoms with Crippen molar-refractivity contribution in [1.29, 1.82) is 0 Å². The molecule has 1 aromatic rings. The van der Waals surface area contributed by atoms with Crippen LogP contribution in [-0.4, -0.2) is 23.0 Å². The lowest BCUT2D eigenvalue weighted by atomic mass is 10.2. The van der Waals surface area contributed by atoms with Crippen molar-refractivity contribution in [3.05, 3.63) is 21.9 Å². The zero-order valence-corrected chi connectivity index (χ0v) is 11.3. The van der Waals surface area contributed by atoms with Crippen LogP contribution in [0.4, 0.5) is 0 Å². The summed E-state index contributed by atoms with van der Waals surface area (Å²) in [6, 6.07) is 4.18. The van der Waals surface area contributed by atoms with Gasteiger partial charge in [-0.15, -0.1) is 11.3 Å². The number of thiophene rings is 1. The molecule has 2 rings (SSSR count). The van der Waals surface area contributed by atoms with E-state index in [0.29, 0.717) is 6.42 Å². The Balaban J connectivity index is 1.79. The molecule has 1 saturated carbocycles. The second kappa shape index (κ2) is 5.10. The average Bonchev–Trinajstić information content (AvgIpc) is 2.98. The Bertz CT molecular complexity index is 469. The molecule has 1 amide bonds. The molecule has 1 aliphatic rings. The van der Waals surface area contributed by atoms with Gasteiger partial charge in [0.05, 0.1) is 11.8 Å². The van der Waals surface area contributed by atoms with Crippen molar-refractivity contribution < 1.29 is 14.7 Å². The Hall–Kier alpha value is -1.36. The van der Waals surface area contributed by atoms with Gasteiger partial charge in [-0.1, -0.05) is 0 Å². The lowest BCUT2D eigenvalue weighted by Crippen LogP contribution is -2.35. The molecule has 4 nitrogen and oxygen atoms in total. The van der Waals surface area contributed by atoms with Crippen molar-refractivity contribution in [2.45, 2.75) is 32.7 Å². The highest BCUT2D eigenvalue weighted by Crippen LogP contribution is 2.38. The van der Waals surface area contributed by atoms with Gasteiger partial charge in [0.2, 0.25) is 5.91 Å². The van der Waals surface area contributed by atoms with Gasteiger partial charge in [0.15, 0.2) is 0 Å². The molecule has 0 bridgehead atoms. The molecule has 1 heterocycles. The highest BCUT2D eigenvalue weighted by molar-refractivity contribution is 7.11. The summed E-state index contributed by atoms with van der Waals surface area (Å²) in [6.45, 7) is 4.00. The van der Waals surface area contributed by atoms with E-state index in [1.807, 2.05) is 6.92 Å². The first-order valence-electron chi connectivity index (χ1n) is 6.06. The van der Waals surface area contributed by atoms with E-state index in [0.717, 1.165) is 6.42 Å². The van der Waals surface area contributed by atoms with Crippen LogP contribution in [0, 0.1) is 18.8 Å². The molecule has 0 aliphatic heterocycles. The van der Waals surface area contributed by atoms with Crippen LogP contribution in [0.3, 0.4) is 0 Å². The van der Waals surface area contributed by atoms with E-state index >= 15 is 0 Å². The van der Waals surface area contributed by atoms with E-state index in [1.165, 1.54) is 9.75 Å². The lowest BCUT2D eigenvalue weighted by molar-refractivity contribution is -0.140. The van der Waals surface area contributed by atoms with Gasteiger partial charge in [-0.25, -0.2) is 0 Å². The maximum absolute atomic E-state index is 11.8. The predicted octanol–water partition coefficient (Wildman–Crippen LogP) is 1.82. The zero-order valence-electron chi connectivity index (χ0n) is 10.5. The van der Waals surface area contributed by atoms with Crippen molar-refractivity contribution >= 4 is 23.2 Å². The Morgan fingerprint density at radius 3 is 2.72 bits per heavy atom. The summed E-state index contributed by atoms with van der Waals surface area (Å²) in [5.41, 5.74) is 0. The highest BCUT2D eigenvalue weighted by atomic mass is 32.1. The number of carboxylic acids is 1. The number of hydrogen-bond donors (Lipinski definition) is 2. The monoisotopic (exact) mass is 267 g/mol. The summed E-state index contributed by atoms with van der Waals surface area (Å²) in [7, 11) is 0. The normalized spacial score (nSPS) is 23.4. The summed E-state index contributed by atoms with van der Waals surface area (Å²) in [6.07, 6.45) is 1.28. The van der Waals surface area contributed by atoms with Crippen molar-refractivity contribution in [2.75, 3.05) is 0 Å². The second-order valence-corrected chi connectivity index (χ2v) is 6.29. The van der Waals surface area contributed by atoms with Gasteiger partial charge in [0.25, 0.3) is 0 Å². The Kier molecular flexibility index (Phi) is 3.71. The van der Waals surface area contributed by atoms with E-state index in [-0.39, 0.29) is 17.9 Å². The van der Waals surface area contributed by atoms with E-state index < -0.39 is 11.9 Å². The van der Waals surface area contributed by atoms with Crippen molar-refractivity contribution in [1.82, 2.24) is 5.32 Å². The molecule has 1 aromatic heterocycles. The van der Waals surface area contributed by atoms with Gasteiger partial charge < -0.3 is 10.4 Å². The minimum Gasteiger partial charge on any atom is -0.481 e. The third kappa shape index (κ3) is 3.10. The van der Waals surface area contributed by atoms with Crippen LogP contribution >= 0.6 is 11.3 Å². The van der Waals surface area contributed by atoms with Crippen molar-refractivity contribution in [3.8, 4) is 0 Å². The van der Waals surface area contributed by atoms with Gasteiger partial charge in [-0.05, 0) is 32.4 Å². The van der Waals surface area contributed by atoms with Crippen LogP contribution in [-0.2, 0) is 16.0 Å². The van der Waals surface area contributed by atoms with E-state index in [4.69, 9.17) is 5.11 Å². The molecule has 1 fully saturated rings. The van der Waals surface area contributed by atoms with E-state index in [2.05, 4.69) is 24.4 Å². The summed E-state index contributed by atoms with van der Waals surface area (Å²) in [5, 5.41) is 11.7. The summed E-state index contributed by atoms with van der Waals surface area (Å²) < 4.78 is 0. The maximum atomic E-state index is 11.8. The first-order chi connectivity index (χ1) is 8.47. The highest BCUT2D eigenvalue weighted by Gasteiger charge is 2.48. The molecule has 5 heteroatoms. The lowest BCUT2D eigenvalue weighted by Gasteiger charge is -2.12. The number of aryl methyl sites for hydroxylation is 1. The molecule has 0 unspecified atom stereocenters. The average molecular weight is 267 g/mol. The van der Waals surface area contributed by atoms with Crippen LogP contribution in [0.25, 0.3) is 0 Å². The van der Waals surface area contributed by atoms with E-state index in [1.54, 1.807) is 11.3 Å². The van der Waals surface area contributed by atoms with Crippen LogP contribution in [0.15, 0.2) is 12.1 Å². The predicted molar refractivity (Wildman–Crippen MR) is 69.6 cm³/mol. The molecule has 2 N–H and O–H groups in total. The Morgan fingerprint density at radius 2 is 2.22 bits per heavy atom. The van der Waals surface area contributed by atoms with Gasteiger partial charge in [0.1, 0.15) is 0 Å². The summed E-state index contributed by atoms with van der Waals surface area (Å²) >= 11 is 1.73. The van der Waals surface area contributed by atoms with Crippen LogP contribution in [0.5, 0.6) is 0 Å². The number of amides is 1. The molecule has 0 radical (unpaired) electrons. The number of nitrogens with one attached hydrogen (secondary N) is 1. The fourth-order valence-electron chi connectivity index (χ4n) is 2.06. The fraction of sp³-hybridized carbons (Fsp3) is 0.538. The maximum Gasteiger partial charge on any atom is 0.307 e. The number of carbonyl (C=O) groups is 2. The Labute approximate surface area is 110 Å². The van der Waals surface area contributed by atoms with Gasteiger partial charge >= 0.3 is 5.97 Å². The largest absolute Gasteiger partial charge is 0.481 e. The summed E-state index contributed by atoms with van der Waals surface area (Å²) in [4.78, 5) is 24.9. The second-order valence-electron chi connectivity index (χ2n) is 4.91. The third-order valence-electron chi connectivity index (χ3n) is 3.14. The number of carboxylic acid groups (broad SMARTS) is 1. The van der Waals surface area contributed by atoms with Crippen molar-refractivity contribution in [2.24, 2.45) is 11.8 Å². The standard InChI is InChI=1S/C13H17NO3S/c1-7(5-9-4-3-8(2)18-9)14-12(15)10-6-11(10)13(16)17/h3-4,7,10-11H,5-6H2,1-2H3,(H,14,15)(H,16,17)/t7-,10+,11+/m0/s1. The molecule has 18 heavy (non-hydrogen) atoms. The number of rotatable bonds is 5. The third-order valence-corrected chi connectivity index (χ3v) is 4.16. The number of hydrogen-bond acceptors (Lipinski definition) is 3. The number of carbonyl (C=O) groups excluding carboxylic acids is 1. The Morgan fingerprint density at radius 1 is 1.50 bits per heavy atom. The summed E-state index contributed by atoms with van der Waals surface area (Å²) in [5.74, 6) is -1.78. The van der Waals surface area contributed by atoms with Crippen LogP contribution in [0.2, 0.25) is 0 Å². The van der Waals surface area contributed by atoms with Crippen molar-refractivity contribution in [3.63, 3.8) is 0 Å². The van der Waals surface area contributed by atoms with Gasteiger partial charge in [-0.2, -0.15) is 0 Å². The van der Waals surface area contributed by atoms with Crippen LogP contribution in [0.1, 0.15) is 23.1 Å². The molecular formula is C13H17NO3S. The first kappa shape index (κ1) is 13.1. The fourth-order valence-corrected chi connectivity index (χ4v) is 3.07. The smallest absolute Gasteiger partial charge is 0.307 e.